The van der Waals surface area contributed by atoms with Crippen molar-refractivity contribution in [1.82, 2.24) is 5.32 Å². The van der Waals surface area contributed by atoms with Crippen LogP contribution in [-0.4, -0.2) is 31.3 Å². The number of nitrogens with one attached hydrogen (secondary N) is 1. The zero-order chi connectivity index (χ0) is 14.5. The first-order valence-electron chi connectivity index (χ1n) is 5.73. The van der Waals surface area contributed by atoms with Crippen LogP contribution in [0.4, 0.5) is 4.79 Å². The van der Waals surface area contributed by atoms with Crippen molar-refractivity contribution in [2.75, 3.05) is 13.2 Å². The van der Waals surface area contributed by atoms with Gasteiger partial charge in [0.1, 0.15) is 19.3 Å². The minimum absolute atomic E-state index is 0.0925. The van der Waals surface area contributed by atoms with E-state index in [1.807, 2.05) is 0 Å². The quantitative estimate of drug-likeness (QED) is 0.310. The van der Waals surface area contributed by atoms with Crippen molar-refractivity contribution in [3.8, 4) is 24.7 Å². The lowest BCUT2D eigenvalue weighted by atomic mass is 10.2. The van der Waals surface area contributed by atoms with E-state index in [4.69, 9.17) is 22.3 Å². The number of hydrogen-bond donors (Lipinski definition) is 1. The second kappa shape index (κ2) is 10.7. The summed E-state index contributed by atoms with van der Waals surface area (Å²) in [6.07, 6.45) is 11.7. The first-order valence-corrected chi connectivity index (χ1v) is 5.73. The minimum atomic E-state index is -0.839. The standard InChI is InChI=1S/C14H17NO4/c1-4-7-10-18-13(16)12(9-6-3)15-14(17)19-11-8-5-2/h1-2,6,12H,3,7-11H2,(H,15,17). The molecule has 0 aromatic heterocycles. The van der Waals surface area contributed by atoms with Crippen LogP contribution in [0.3, 0.4) is 0 Å². The Morgan fingerprint density at radius 2 is 1.79 bits per heavy atom. The van der Waals surface area contributed by atoms with Crippen LogP contribution >= 0.6 is 0 Å². The fourth-order valence-corrected chi connectivity index (χ4v) is 1.08. The Morgan fingerprint density at radius 3 is 2.32 bits per heavy atom. The number of alkyl carbamates (subject to hydrolysis) is 1. The molecule has 0 bridgehead atoms. The number of carbonyl (C=O) groups is 2. The molecule has 1 unspecified atom stereocenters. The number of rotatable bonds is 8. The molecule has 5 heteroatoms. The van der Waals surface area contributed by atoms with Gasteiger partial charge in [0, 0.05) is 12.8 Å². The van der Waals surface area contributed by atoms with Gasteiger partial charge in [-0.15, -0.1) is 31.3 Å². The fourth-order valence-electron chi connectivity index (χ4n) is 1.08. The van der Waals surface area contributed by atoms with Crippen molar-refractivity contribution < 1.29 is 19.1 Å². The van der Waals surface area contributed by atoms with Gasteiger partial charge in [0.25, 0.3) is 0 Å². The Balaban J connectivity index is 4.20. The van der Waals surface area contributed by atoms with Crippen molar-refractivity contribution >= 4 is 12.1 Å². The molecule has 1 N–H and O–H groups in total. The average Bonchev–Trinajstić information content (AvgIpc) is 2.38. The Hall–Kier alpha value is -2.40. The van der Waals surface area contributed by atoms with Crippen LogP contribution in [0.25, 0.3) is 0 Å². The molecule has 0 fully saturated rings. The molecular formula is C14H17NO4. The van der Waals surface area contributed by atoms with Crippen LogP contribution in [0, 0.1) is 24.7 Å². The average molecular weight is 263 g/mol. The van der Waals surface area contributed by atoms with Gasteiger partial charge < -0.3 is 14.8 Å². The van der Waals surface area contributed by atoms with Gasteiger partial charge in [0.2, 0.25) is 0 Å². The maximum Gasteiger partial charge on any atom is 0.407 e. The van der Waals surface area contributed by atoms with Gasteiger partial charge in [-0.3, -0.25) is 0 Å². The van der Waals surface area contributed by atoms with E-state index in [9.17, 15) is 9.59 Å². The highest BCUT2D eigenvalue weighted by atomic mass is 16.6. The molecule has 0 heterocycles. The van der Waals surface area contributed by atoms with Crippen molar-refractivity contribution in [3.63, 3.8) is 0 Å². The van der Waals surface area contributed by atoms with E-state index in [0.29, 0.717) is 12.8 Å². The van der Waals surface area contributed by atoms with Crippen LogP contribution in [-0.2, 0) is 14.3 Å². The van der Waals surface area contributed by atoms with Crippen molar-refractivity contribution in [2.24, 2.45) is 0 Å². The third-order valence-corrected chi connectivity index (χ3v) is 1.95. The monoisotopic (exact) mass is 263 g/mol. The van der Waals surface area contributed by atoms with Crippen molar-refractivity contribution in [3.05, 3.63) is 12.7 Å². The molecular weight excluding hydrogens is 246 g/mol. The van der Waals surface area contributed by atoms with Crippen molar-refractivity contribution in [2.45, 2.75) is 25.3 Å². The predicted molar refractivity (Wildman–Crippen MR) is 70.9 cm³/mol. The second-order valence-electron chi connectivity index (χ2n) is 3.43. The van der Waals surface area contributed by atoms with Crippen LogP contribution in [0.2, 0.25) is 0 Å². The summed E-state index contributed by atoms with van der Waals surface area (Å²) < 4.78 is 9.66. The van der Waals surface area contributed by atoms with E-state index in [0.717, 1.165) is 0 Å². The number of esters is 1. The van der Waals surface area contributed by atoms with E-state index >= 15 is 0 Å². The van der Waals surface area contributed by atoms with Gasteiger partial charge in [0.15, 0.2) is 0 Å². The van der Waals surface area contributed by atoms with Gasteiger partial charge in [-0.05, 0) is 6.42 Å². The zero-order valence-corrected chi connectivity index (χ0v) is 10.7. The van der Waals surface area contributed by atoms with Gasteiger partial charge in [-0.25, -0.2) is 9.59 Å². The van der Waals surface area contributed by atoms with Gasteiger partial charge in [-0.2, -0.15) is 0 Å². The normalized spacial score (nSPS) is 10.4. The number of ether oxygens (including phenoxy) is 2. The molecule has 0 saturated heterocycles. The molecule has 0 rings (SSSR count). The Kier molecular flexibility index (Phi) is 9.38. The van der Waals surface area contributed by atoms with Crippen molar-refractivity contribution in [1.29, 1.82) is 0 Å². The summed E-state index contributed by atoms with van der Waals surface area (Å²) in [4.78, 5) is 23.0. The lowest BCUT2D eigenvalue weighted by molar-refractivity contribution is -0.145. The first kappa shape index (κ1) is 16.6. The largest absolute Gasteiger partial charge is 0.463 e. The molecule has 0 aromatic rings. The van der Waals surface area contributed by atoms with E-state index in [1.54, 1.807) is 0 Å². The first-order chi connectivity index (χ1) is 9.15. The lowest BCUT2D eigenvalue weighted by Crippen LogP contribution is -2.42. The Morgan fingerprint density at radius 1 is 1.21 bits per heavy atom. The summed E-state index contributed by atoms with van der Waals surface area (Å²) in [5.41, 5.74) is 0. The number of hydrogen-bond acceptors (Lipinski definition) is 4. The highest BCUT2D eigenvalue weighted by Gasteiger charge is 2.21. The van der Waals surface area contributed by atoms with E-state index in [1.165, 1.54) is 6.08 Å². The summed E-state index contributed by atoms with van der Waals surface area (Å²) in [7, 11) is 0. The number of carbonyl (C=O) groups excluding carboxylic acids is 2. The van der Waals surface area contributed by atoms with E-state index in [-0.39, 0.29) is 19.6 Å². The molecule has 0 aliphatic carbocycles. The fraction of sp³-hybridized carbons (Fsp3) is 0.429. The SMILES string of the molecule is C#CCCOC(=O)NC(CC=C)C(=O)OCCC#C. The van der Waals surface area contributed by atoms with Gasteiger partial charge >= 0.3 is 12.1 Å². The molecule has 0 aliphatic rings. The van der Waals surface area contributed by atoms with Crippen LogP contribution in [0.5, 0.6) is 0 Å². The lowest BCUT2D eigenvalue weighted by Gasteiger charge is -2.15. The van der Waals surface area contributed by atoms with Gasteiger partial charge in [-0.1, -0.05) is 6.08 Å². The summed E-state index contributed by atoms with van der Waals surface area (Å²) in [5, 5.41) is 2.38. The molecule has 0 aromatic carbocycles. The summed E-state index contributed by atoms with van der Waals surface area (Å²) in [6.45, 7) is 3.70. The van der Waals surface area contributed by atoms with E-state index in [2.05, 4.69) is 23.7 Å². The summed E-state index contributed by atoms with van der Waals surface area (Å²) in [6, 6.07) is -0.839. The second-order valence-corrected chi connectivity index (χ2v) is 3.43. The molecule has 102 valence electrons. The Bertz CT molecular complexity index is 389. The highest BCUT2D eigenvalue weighted by molar-refractivity contribution is 5.81. The third kappa shape index (κ3) is 8.34. The van der Waals surface area contributed by atoms with Gasteiger partial charge in [0.05, 0.1) is 0 Å². The Labute approximate surface area is 113 Å². The van der Waals surface area contributed by atoms with Crippen LogP contribution < -0.4 is 5.32 Å². The molecule has 0 radical (unpaired) electrons. The highest BCUT2D eigenvalue weighted by Crippen LogP contribution is 1.99. The number of amides is 1. The molecule has 19 heavy (non-hydrogen) atoms. The number of terminal acetylenes is 2. The van der Waals surface area contributed by atoms with Crippen LogP contribution in [0.15, 0.2) is 12.7 Å². The zero-order valence-electron chi connectivity index (χ0n) is 10.7. The predicted octanol–water partition coefficient (Wildman–Crippen LogP) is 1.25. The van der Waals surface area contributed by atoms with Crippen LogP contribution in [0.1, 0.15) is 19.3 Å². The summed E-state index contributed by atoms with van der Waals surface area (Å²) >= 11 is 0. The summed E-state index contributed by atoms with van der Waals surface area (Å²) in [5.74, 6) is 4.09. The molecule has 5 nitrogen and oxygen atoms in total. The van der Waals surface area contributed by atoms with E-state index < -0.39 is 18.1 Å². The third-order valence-electron chi connectivity index (χ3n) is 1.95. The minimum Gasteiger partial charge on any atom is -0.463 e. The maximum atomic E-state index is 11.6. The molecule has 0 spiro atoms. The smallest absolute Gasteiger partial charge is 0.407 e. The maximum absolute atomic E-state index is 11.6. The topological polar surface area (TPSA) is 64.6 Å². The molecule has 0 saturated carbocycles. The molecule has 1 atom stereocenters. The molecule has 1 amide bonds. The molecule has 0 aliphatic heterocycles.